The lowest BCUT2D eigenvalue weighted by Gasteiger charge is -2.08. The summed E-state index contributed by atoms with van der Waals surface area (Å²) >= 11 is 5.52. The lowest BCUT2D eigenvalue weighted by atomic mass is 10.1. The van der Waals surface area contributed by atoms with E-state index < -0.39 is 0 Å². The maximum Gasteiger partial charge on any atom is 0.0576 e. The van der Waals surface area contributed by atoms with Gasteiger partial charge in [0.25, 0.3) is 0 Å². The van der Waals surface area contributed by atoms with Crippen molar-refractivity contribution < 1.29 is 4.74 Å². The molecule has 0 amide bonds. The van der Waals surface area contributed by atoms with Crippen LogP contribution in [0.4, 0.5) is 0 Å². The minimum absolute atomic E-state index is 0.544. The number of hydrogen-bond acceptors (Lipinski definition) is 2. The molecule has 1 saturated heterocycles. The van der Waals surface area contributed by atoms with E-state index in [4.69, 9.17) is 16.3 Å². The van der Waals surface area contributed by atoms with E-state index >= 15 is 0 Å². The van der Waals surface area contributed by atoms with E-state index in [9.17, 15) is 0 Å². The van der Waals surface area contributed by atoms with Crippen molar-refractivity contribution in [1.82, 2.24) is 5.32 Å². The first kappa shape index (κ1) is 10.3. The molecule has 1 unspecified atom stereocenters. The SMILES string of the molecule is ClCCNCCCC1CCCO1. The van der Waals surface area contributed by atoms with Gasteiger partial charge >= 0.3 is 0 Å². The number of ether oxygens (including phenoxy) is 1. The van der Waals surface area contributed by atoms with Gasteiger partial charge in [0.1, 0.15) is 0 Å². The van der Waals surface area contributed by atoms with Crippen LogP contribution < -0.4 is 5.32 Å². The largest absolute Gasteiger partial charge is 0.378 e. The van der Waals surface area contributed by atoms with Crippen molar-refractivity contribution in [2.45, 2.75) is 31.8 Å². The lowest BCUT2D eigenvalue weighted by molar-refractivity contribution is 0.102. The highest BCUT2D eigenvalue weighted by molar-refractivity contribution is 6.18. The molecule has 1 fully saturated rings. The predicted molar refractivity (Wildman–Crippen MR) is 51.8 cm³/mol. The monoisotopic (exact) mass is 191 g/mol. The average molecular weight is 192 g/mol. The fraction of sp³-hybridized carbons (Fsp3) is 1.00. The van der Waals surface area contributed by atoms with Crippen LogP contribution in [0.2, 0.25) is 0 Å². The van der Waals surface area contributed by atoms with Gasteiger partial charge in [-0.25, -0.2) is 0 Å². The van der Waals surface area contributed by atoms with E-state index in [-0.39, 0.29) is 0 Å². The first-order chi connectivity index (χ1) is 5.93. The third-order valence-corrected chi connectivity index (χ3v) is 2.36. The lowest BCUT2D eigenvalue weighted by Crippen LogP contribution is -2.19. The number of hydrogen-bond donors (Lipinski definition) is 1. The summed E-state index contributed by atoms with van der Waals surface area (Å²) < 4.78 is 5.51. The summed E-state index contributed by atoms with van der Waals surface area (Å²) in [5, 5.41) is 3.27. The molecule has 1 aliphatic rings. The number of alkyl halides is 1. The molecule has 0 aromatic rings. The molecule has 1 aliphatic heterocycles. The zero-order valence-corrected chi connectivity index (χ0v) is 8.28. The summed E-state index contributed by atoms with van der Waals surface area (Å²) in [5.41, 5.74) is 0. The second-order valence-electron chi connectivity index (χ2n) is 3.22. The van der Waals surface area contributed by atoms with E-state index in [2.05, 4.69) is 5.32 Å². The van der Waals surface area contributed by atoms with Crippen molar-refractivity contribution >= 4 is 11.6 Å². The van der Waals surface area contributed by atoms with Crippen LogP contribution in [0, 0.1) is 0 Å². The molecule has 2 nitrogen and oxygen atoms in total. The van der Waals surface area contributed by atoms with Crippen molar-refractivity contribution in [1.29, 1.82) is 0 Å². The predicted octanol–water partition coefficient (Wildman–Crippen LogP) is 1.77. The van der Waals surface area contributed by atoms with E-state index in [0.29, 0.717) is 12.0 Å². The van der Waals surface area contributed by atoms with Crippen LogP contribution in [0.1, 0.15) is 25.7 Å². The molecule has 1 heterocycles. The summed E-state index contributed by atoms with van der Waals surface area (Å²) in [6, 6.07) is 0. The zero-order chi connectivity index (χ0) is 8.65. The number of halogens is 1. The first-order valence-corrected chi connectivity index (χ1v) is 5.35. The molecule has 1 N–H and O–H groups in total. The summed E-state index contributed by atoms with van der Waals surface area (Å²) in [7, 11) is 0. The summed E-state index contributed by atoms with van der Waals surface area (Å²) in [6.45, 7) is 2.97. The van der Waals surface area contributed by atoms with Crippen molar-refractivity contribution in [2.75, 3.05) is 25.6 Å². The summed E-state index contributed by atoms with van der Waals surface area (Å²) in [5.74, 6) is 0.708. The van der Waals surface area contributed by atoms with Gasteiger partial charge in [-0.05, 0) is 32.2 Å². The molecule has 0 aromatic carbocycles. The first-order valence-electron chi connectivity index (χ1n) is 4.82. The smallest absolute Gasteiger partial charge is 0.0576 e. The maximum atomic E-state index is 5.52. The molecule has 0 aliphatic carbocycles. The van der Waals surface area contributed by atoms with Gasteiger partial charge in [0.05, 0.1) is 6.10 Å². The molecule has 0 radical (unpaired) electrons. The second-order valence-corrected chi connectivity index (χ2v) is 3.59. The standard InChI is InChI=1S/C9H18ClNO/c10-5-7-11-6-1-3-9-4-2-8-12-9/h9,11H,1-8H2. The fourth-order valence-electron chi connectivity index (χ4n) is 1.52. The molecule has 12 heavy (non-hydrogen) atoms. The Labute approximate surface area is 79.6 Å². The molecule has 1 rings (SSSR count). The maximum absolute atomic E-state index is 5.52. The Morgan fingerprint density at radius 2 is 2.33 bits per heavy atom. The van der Waals surface area contributed by atoms with Gasteiger partial charge in [0.2, 0.25) is 0 Å². The van der Waals surface area contributed by atoms with Crippen LogP contribution in [-0.2, 0) is 4.74 Å². The van der Waals surface area contributed by atoms with Gasteiger partial charge in [-0.3, -0.25) is 0 Å². The minimum Gasteiger partial charge on any atom is -0.378 e. The molecule has 0 aromatic heterocycles. The third kappa shape index (κ3) is 4.29. The molecule has 72 valence electrons. The van der Waals surface area contributed by atoms with Gasteiger partial charge in [0.15, 0.2) is 0 Å². The second kappa shape index (κ2) is 6.70. The summed E-state index contributed by atoms with van der Waals surface area (Å²) in [4.78, 5) is 0. The van der Waals surface area contributed by atoms with Crippen LogP contribution in [0.3, 0.4) is 0 Å². The fourth-order valence-corrected chi connectivity index (χ4v) is 1.65. The molecular weight excluding hydrogens is 174 g/mol. The normalized spacial score (nSPS) is 23.2. The van der Waals surface area contributed by atoms with Gasteiger partial charge in [0, 0.05) is 19.0 Å². The van der Waals surface area contributed by atoms with Crippen molar-refractivity contribution in [3.05, 3.63) is 0 Å². The highest BCUT2D eigenvalue weighted by atomic mass is 35.5. The topological polar surface area (TPSA) is 21.3 Å². The minimum atomic E-state index is 0.544. The van der Waals surface area contributed by atoms with Crippen LogP contribution in [0.5, 0.6) is 0 Å². The Balaban J connectivity index is 1.81. The Bertz CT molecular complexity index is 105. The van der Waals surface area contributed by atoms with Gasteiger partial charge in [-0.15, -0.1) is 11.6 Å². The average Bonchev–Trinajstić information content (AvgIpc) is 2.57. The zero-order valence-electron chi connectivity index (χ0n) is 7.52. The van der Waals surface area contributed by atoms with Gasteiger partial charge in [-0.2, -0.15) is 0 Å². The van der Waals surface area contributed by atoms with Crippen LogP contribution in [0.15, 0.2) is 0 Å². The van der Waals surface area contributed by atoms with E-state index in [1.54, 1.807) is 0 Å². The Hall–Kier alpha value is 0.210. The van der Waals surface area contributed by atoms with Crippen molar-refractivity contribution in [3.63, 3.8) is 0 Å². The highest BCUT2D eigenvalue weighted by Gasteiger charge is 2.13. The molecule has 3 heteroatoms. The van der Waals surface area contributed by atoms with Gasteiger partial charge in [-0.1, -0.05) is 0 Å². The van der Waals surface area contributed by atoms with Crippen molar-refractivity contribution in [2.24, 2.45) is 0 Å². The molecule has 1 atom stereocenters. The molecule has 0 saturated carbocycles. The quantitative estimate of drug-likeness (QED) is 0.511. The summed E-state index contributed by atoms with van der Waals surface area (Å²) in [6.07, 6.45) is 5.47. The van der Waals surface area contributed by atoms with Crippen LogP contribution in [-0.4, -0.2) is 31.7 Å². The Morgan fingerprint density at radius 3 is 3.00 bits per heavy atom. The molecule has 0 spiro atoms. The molecule has 0 bridgehead atoms. The molecular formula is C9H18ClNO. The Morgan fingerprint density at radius 1 is 1.42 bits per heavy atom. The van der Waals surface area contributed by atoms with Crippen LogP contribution >= 0.6 is 11.6 Å². The third-order valence-electron chi connectivity index (χ3n) is 2.17. The Kier molecular flexibility index (Phi) is 5.74. The van der Waals surface area contributed by atoms with E-state index in [0.717, 1.165) is 19.7 Å². The van der Waals surface area contributed by atoms with Crippen LogP contribution in [0.25, 0.3) is 0 Å². The number of rotatable bonds is 6. The van der Waals surface area contributed by atoms with E-state index in [1.807, 2.05) is 0 Å². The number of nitrogens with one attached hydrogen (secondary N) is 1. The van der Waals surface area contributed by atoms with Crippen molar-refractivity contribution in [3.8, 4) is 0 Å². The van der Waals surface area contributed by atoms with Gasteiger partial charge < -0.3 is 10.1 Å². The highest BCUT2D eigenvalue weighted by Crippen LogP contribution is 2.16. The van der Waals surface area contributed by atoms with E-state index in [1.165, 1.54) is 25.7 Å².